The third kappa shape index (κ3) is 3.19. The van der Waals surface area contributed by atoms with Crippen molar-refractivity contribution < 1.29 is 4.74 Å². The predicted molar refractivity (Wildman–Crippen MR) is 158 cm³/mol. The molecule has 0 saturated heterocycles. The maximum Gasteiger partial charge on any atom is 0.132 e. The van der Waals surface area contributed by atoms with Crippen molar-refractivity contribution in [3.8, 4) is 22.6 Å². The molecule has 0 unspecified atom stereocenters. The highest BCUT2D eigenvalue weighted by atomic mass is 16.5. The van der Waals surface area contributed by atoms with E-state index in [2.05, 4.69) is 140 Å². The van der Waals surface area contributed by atoms with E-state index in [0.717, 1.165) is 11.5 Å². The summed E-state index contributed by atoms with van der Waals surface area (Å²) in [6.07, 6.45) is 0. The van der Waals surface area contributed by atoms with Gasteiger partial charge in [0.05, 0.1) is 0 Å². The number of benzene rings is 7. The van der Waals surface area contributed by atoms with Crippen LogP contribution in [0.5, 0.6) is 11.5 Å². The molecule has 0 radical (unpaired) electrons. The first-order chi connectivity index (χ1) is 18.8. The van der Waals surface area contributed by atoms with E-state index in [1.165, 1.54) is 60.1 Å². The molecule has 0 N–H and O–H groups in total. The molecular weight excluding hydrogens is 460 g/mol. The molecule has 8 rings (SSSR count). The van der Waals surface area contributed by atoms with Gasteiger partial charge < -0.3 is 4.74 Å². The van der Waals surface area contributed by atoms with E-state index < -0.39 is 0 Å². The van der Waals surface area contributed by atoms with Crippen LogP contribution in [0.25, 0.3) is 43.4 Å². The van der Waals surface area contributed by atoms with E-state index in [1.807, 2.05) is 0 Å². The fourth-order valence-electron chi connectivity index (χ4n) is 6.26. The molecule has 7 aromatic rings. The molecule has 0 spiro atoms. The van der Waals surface area contributed by atoms with Crippen LogP contribution in [0.2, 0.25) is 0 Å². The largest absolute Gasteiger partial charge is 0.457 e. The normalized spacial score (nSPS) is 12.8. The van der Waals surface area contributed by atoms with E-state index in [9.17, 15) is 0 Å². The second kappa shape index (κ2) is 8.33. The highest BCUT2D eigenvalue weighted by Crippen LogP contribution is 2.52. The van der Waals surface area contributed by atoms with Gasteiger partial charge in [0.1, 0.15) is 11.5 Å². The zero-order chi connectivity index (χ0) is 25.1. The first kappa shape index (κ1) is 21.2. The third-order valence-corrected chi connectivity index (χ3v) is 7.98. The first-order valence-corrected chi connectivity index (χ1v) is 13.1. The Balaban J connectivity index is 1.47. The minimum Gasteiger partial charge on any atom is -0.457 e. The topological polar surface area (TPSA) is 9.23 Å². The van der Waals surface area contributed by atoms with Crippen molar-refractivity contribution in [3.63, 3.8) is 0 Å². The highest BCUT2D eigenvalue weighted by Gasteiger charge is 2.32. The Morgan fingerprint density at radius 1 is 0.421 bits per heavy atom. The summed E-state index contributed by atoms with van der Waals surface area (Å²) in [6, 6.07) is 50.2. The second-order valence-corrected chi connectivity index (χ2v) is 10.1. The van der Waals surface area contributed by atoms with Gasteiger partial charge in [-0.2, -0.15) is 0 Å². The van der Waals surface area contributed by atoms with Gasteiger partial charge in [0.25, 0.3) is 0 Å². The lowest BCUT2D eigenvalue weighted by Crippen LogP contribution is -2.13. The van der Waals surface area contributed by atoms with Gasteiger partial charge in [-0.1, -0.05) is 121 Å². The molecule has 7 aromatic carbocycles. The van der Waals surface area contributed by atoms with Crippen molar-refractivity contribution in [1.29, 1.82) is 0 Å². The second-order valence-electron chi connectivity index (χ2n) is 10.1. The van der Waals surface area contributed by atoms with Crippen LogP contribution >= 0.6 is 0 Å². The van der Waals surface area contributed by atoms with Crippen molar-refractivity contribution in [2.24, 2.45) is 0 Å². The fourth-order valence-corrected chi connectivity index (χ4v) is 6.26. The zero-order valence-electron chi connectivity index (χ0n) is 20.8. The number of fused-ring (bicyclic) bond motifs is 7. The van der Waals surface area contributed by atoms with Gasteiger partial charge >= 0.3 is 0 Å². The molecule has 0 bridgehead atoms. The zero-order valence-corrected chi connectivity index (χ0v) is 20.8. The van der Waals surface area contributed by atoms with Gasteiger partial charge in [-0.15, -0.1) is 0 Å². The summed E-state index contributed by atoms with van der Waals surface area (Å²) in [5.74, 6) is 1.92. The van der Waals surface area contributed by atoms with Gasteiger partial charge in [-0.25, -0.2) is 0 Å². The van der Waals surface area contributed by atoms with Crippen LogP contribution in [-0.2, 0) is 0 Å². The maximum atomic E-state index is 6.63. The minimum atomic E-state index is 0.0409. The van der Waals surface area contributed by atoms with E-state index in [1.54, 1.807) is 0 Å². The lowest BCUT2D eigenvalue weighted by Gasteiger charge is -2.31. The molecular formula is C37H24O. The molecule has 1 nitrogen and oxygen atoms in total. The molecule has 178 valence electrons. The molecule has 1 aliphatic rings. The first-order valence-electron chi connectivity index (χ1n) is 13.1. The molecule has 1 aliphatic heterocycles. The van der Waals surface area contributed by atoms with Gasteiger partial charge in [0, 0.05) is 17.0 Å². The van der Waals surface area contributed by atoms with Crippen LogP contribution in [0.15, 0.2) is 140 Å². The Kier molecular flexibility index (Phi) is 4.65. The number of ether oxygens (including phenoxy) is 1. The van der Waals surface area contributed by atoms with Crippen LogP contribution in [-0.4, -0.2) is 0 Å². The molecule has 0 fully saturated rings. The van der Waals surface area contributed by atoms with Crippen LogP contribution in [0.4, 0.5) is 0 Å². The molecule has 0 saturated carbocycles. The van der Waals surface area contributed by atoms with Crippen LogP contribution in [0.3, 0.4) is 0 Å². The molecule has 0 amide bonds. The average Bonchev–Trinajstić information content (AvgIpc) is 2.99. The Labute approximate surface area is 221 Å². The smallest absolute Gasteiger partial charge is 0.132 e. The lowest BCUT2D eigenvalue weighted by atomic mass is 9.78. The van der Waals surface area contributed by atoms with E-state index in [4.69, 9.17) is 4.74 Å². The van der Waals surface area contributed by atoms with Gasteiger partial charge in [0.15, 0.2) is 0 Å². The average molecular weight is 485 g/mol. The number of hydrogen-bond acceptors (Lipinski definition) is 1. The van der Waals surface area contributed by atoms with Crippen molar-refractivity contribution >= 4 is 32.3 Å². The minimum absolute atomic E-state index is 0.0409. The highest BCUT2D eigenvalue weighted by molar-refractivity contribution is 5.99. The molecule has 0 aliphatic carbocycles. The van der Waals surface area contributed by atoms with E-state index >= 15 is 0 Å². The predicted octanol–water partition coefficient (Wildman–Crippen LogP) is 10.1. The van der Waals surface area contributed by atoms with E-state index in [-0.39, 0.29) is 5.92 Å². The fraction of sp³-hybridized carbons (Fsp3) is 0.0270. The SMILES string of the molecule is c1ccc(-c2cccc3ccc(C4c5c(ccc6ccccc56)Oc5ccc6ccccc6c54)cc23)cc1. The summed E-state index contributed by atoms with van der Waals surface area (Å²) in [4.78, 5) is 0. The quantitative estimate of drug-likeness (QED) is 0.237. The Bertz CT molecular complexity index is 1920. The number of hydrogen-bond donors (Lipinski definition) is 0. The van der Waals surface area contributed by atoms with Crippen molar-refractivity contribution in [1.82, 2.24) is 0 Å². The Hall–Kier alpha value is -4.88. The number of rotatable bonds is 2. The van der Waals surface area contributed by atoms with Crippen molar-refractivity contribution in [2.75, 3.05) is 0 Å². The maximum absolute atomic E-state index is 6.63. The molecule has 0 atom stereocenters. The molecule has 1 heterocycles. The third-order valence-electron chi connectivity index (χ3n) is 7.98. The van der Waals surface area contributed by atoms with Crippen LogP contribution < -0.4 is 4.74 Å². The van der Waals surface area contributed by atoms with Crippen molar-refractivity contribution in [2.45, 2.75) is 5.92 Å². The Morgan fingerprint density at radius 2 is 0.974 bits per heavy atom. The summed E-state index contributed by atoms with van der Waals surface area (Å²) in [7, 11) is 0. The Morgan fingerprint density at radius 3 is 1.66 bits per heavy atom. The lowest BCUT2D eigenvalue weighted by molar-refractivity contribution is 0.456. The molecule has 0 aromatic heterocycles. The summed E-state index contributed by atoms with van der Waals surface area (Å²) >= 11 is 0. The summed E-state index contributed by atoms with van der Waals surface area (Å²) in [6.45, 7) is 0. The van der Waals surface area contributed by atoms with Crippen LogP contribution in [0.1, 0.15) is 22.6 Å². The van der Waals surface area contributed by atoms with E-state index in [0.29, 0.717) is 0 Å². The summed E-state index contributed by atoms with van der Waals surface area (Å²) < 4.78 is 6.63. The summed E-state index contributed by atoms with van der Waals surface area (Å²) in [5.41, 5.74) is 6.25. The van der Waals surface area contributed by atoms with Crippen molar-refractivity contribution in [3.05, 3.63) is 156 Å². The van der Waals surface area contributed by atoms with Crippen LogP contribution in [0, 0.1) is 0 Å². The van der Waals surface area contributed by atoms with Gasteiger partial charge in [-0.3, -0.25) is 0 Å². The van der Waals surface area contributed by atoms with Gasteiger partial charge in [-0.05, 0) is 67.2 Å². The monoisotopic (exact) mass is 484 g/mol. The summed E-state index contributed by atoms with van der Waals surface area (Å²) in [5, 5.41) is 7.46. The molecule has 38 heavy (non-hydrogen) atoms. The standard InChI is InChI=1S/C37H24O/c1-2-9-24(10-3-1)29-16-8-13-27-17-18-28(23-32(27)29)35-36-30-14-6-4-11-25(30)19-21-33(36)38-34-22-20-26-12-5-7-15-31(26)37(34)35/h1-23,35H. The molecule has 1 heteroatoms. The van der Waals surface area contributed by atoms with Gasteiger partial charge in [0.2, 0.25) is 0 Å².